The first-order valence-electron chi connectivity index (χ1n) is 13.7. The van der Waals surface area contributed by atoms with E-state index in [1.165, 1.54) is 16.0 Å². The van der Waals surface area contributed by atoms with Gasteiger partial charge in [0.05, 0.1) is 28.2 Å². The highest BCUT2D eigenvalue weighted by Crippen LogP contribution is 2.42. The zero-order valence-electron chi connectivity index (χ0n) is 25.1. The molecule has 1 saturated heterocycles. The summed E-state index contributed by atoms with van der Waals surface area (Å²) in [5, 5.41) is 13.6. The van der Waals surface area contributed by atoms with E-state index in [9.17, 15) is 14.7 Å². The van der Waals surface area contributed by atoms with E-state index in [0.29, 0.717) is 0 Å². The average molecular weight is 542 g/mol. The summed E-state index contributed by atoms with van der Waals surface area (Å²) in [4.78, 5) is 34.6. The quantitative estimate of drug-likeness (QED) is 0.468. The van der Waals surface area contributed by atoms with Crippen LogP contribution in [0, 0.1) is 23.7 Å². The largest absolute Gasteiger partial charge is 0.391 e. The van der Waals surface area contributed by atoms with Gasteiger partial charge in [0.1, 0.15) is 6.04 Å². The number of β-amino-alcohol motifs (C(OH)–C–C–N with tert-alkyl or cyclic N) is 1. The minimum Gasteiger partial charge on any atom is -0.391 e. The lowest BCUT2D eigenvalue weighted by molar-refractivity contribution is -0.149. The predicted octanol–water partition coefficient (Wildman–Crippen LogP) is 6.26. The lowest BCUT2D eigenvalue weighted by atomic mass is 9.66. The molecule has 38 heavy (non-hydrogen) atoms. The number of aliphatic hydroxyl groups excluding tert-OH is 1. The van der Waals surface area contributed by atoms with E-state index < -0.39 is 12.1 Å². The van der Waals surface area contributed by atoms with Crippen molar-refractivity contribution in [2.75, 3.05) is 6.54 Å². The van der Waals surface area contributed by atoms with Gasteiger partial charge >= 0.3 is 0 Å². The molecule has 1 aromatic carbocycles. The van der Waals surface area contributed by atoms with Crippen molar-refractivity contribution in [1.29, 1.82) is 0 Å². The maximum atomic E-state index is 13.8. The van der Waals surface area contributed by atoms with Gasteiger partial charge in [-0.1, -0.05) is 80.5 Å². The topological polar surface area (TPSA) is 82.5 Å². The van der Waals surface area contributed by atoms with Gasteiger partial charge in [-0.15, -0.1) is 11.3 Å². The number of likely N-dealkylation sites (tertiary alicyclic amines) is 1. The first kappa shape index (κ1) is 30.3. The van der Waals surface area contributed by atoms with Crippen LogP contribution < -0.4 is 5.32 Å². The minimum absolute atomic E-state index is 0.0614. The number of thiazole rings is 1. The van der Waals surface area contributed by atoms with Crippen molar-refractivity contribution >= 4 is 23.2 Å². The normalized spacial score (nSPS) is 19.7. The number of hydrogen-bond acceptors (Lipinski definition) is 5. The second-order valence-corrected chi connectivity index (χ2v) is 15.0. The van der Waals surface area contributed by atoms with E-state index in [1.807, 2.05) is 19.4 Å². The summed E-state index contributed by atoms with van der Waals surface area (Å²) in [6, 6.07) is 5.44. The Hall–Kier alpha value is -2.25. The van der Waals surface area contributed by atoms with Crippen LogP contribution >= 0.6 is 11.3 Å². The second-order valence-electron chi connectivity index (χ2n) is 14.1. The fourth-order valence-corrected chi connectivity index (χ4v) is 6.96. The number of hydrogen-bond donors (Lipinski definition) is 2. The number of rotatable bonds is 5. The van der Waals surface area contributed by atoms with E-state index in [0.717, 1.165) is 11.3 Å². The molecule has 2 N–H and O–H groups in total. The Labute approximate surface area is 233 Å². The number of nitrogens with zero attached hydrogens (tertiary/aromatic N) is 2. The number of amides is 2. The highest BCUT2D eigenvalue weighted by Gasteiger charge is 2.47. The molecule has 3 atom stereocenters. The third kappa shape index (κ3) is 6.48. The molecule has 1 aliphatic rings. The lowest BCUT2D eigenvalue weighted by Crippen LogP contribution is -2.52. The number of carbonyl (C=O) groups is 2. The van der Waals surface area contributed by atoms with Gasteiger partial charge in [-0.2, -0.15) is 0 Å². The summed E-state index contributed by atoms with van der Waals surface area (Å²) in [7, 11) is 0. The monoisotopic (exact) mass is 541 g/mol. The molecule has 0 spiro atoms. The average Bonchev–Trinajstić information content (AvgIpc) is 3.36. The van der Waals surface area contributed by atoms with Crippen LogP contribution in [-0.2, 0) is 15.0 Å². The number of aryl methyl sites for hydroxylation is 1. The second kappa shape index (κ2) is 10.7. The Morgan fingerprint density at radius 3 is 2.18 bits per heavy atom. The molecule has 0 unspecified atom stereocenters. The summed E-state index contributed by atoms with van der Waals surface area (Å²) in [6.07, 6.45) is -0.456. The summed E-state index contributed by atoms with van der Waals surface area (Å²) < 4.78 is 0. The molecule has 2 heterocycles. The van der Waals surface area contributed by atoms with Gasteiger partial charge in [0.2, 0.25) is 11.8 Å². The first-order chi connectivity index (χ1) is 17.3. The molecule has 1 aromatic heterocycles. The van der Waals surface area contributed by atoms with Crippen LogP contribution in [0.25, 0.3) is 10.4 Å². The summed E-state index contributed by atoms with van der Waals surface area (Å²) >= 11 is 1.64. The van der Waals surface area contributed by atoms with Gasteiger partial charge in [0, 0.05) is 18.9 Å². The van der Waals surface area contributed by atoms with Crippen LogP contribution in [0.2, 0.25) is 0 Å². The van der Waals surface area contributed by atoms with Crippen molar-refractivity contribution < 1.29 is 14.7 Å². The van der Waals surface area contributed by atoms with Crippen LogP contribution in [-0.4, -0.2) is 45.5 Å². The van der Waals surface area contributed by atoms with Crippen LogP contribution in [0.3, 0.4) is 0 Å². The number of aromatic nitrogens is 1. The Bertz CT molecular complexity index is 1150. The van der Waals surface area contributed by atoms with E-state index >= 15 is 0 Å². The minimum atomic E-state index is -0.708. The zero-order chi connectivity index (χ0) is 28.8. The maximum Gasteiger partial charge on any atom is 0.243 e. The van der Waals surface area contributed by atoms with Crippen LogP contribution in [0.1, 0.15) is 98.5 Å². The maximum absolute atomic E-state index is 13.8. The molecule has 0 aliphatic carbocycles. The van der Waals surface area contributed by atoms with E-state index in [1.54, 1.807) is 16.2 Å². The molecule has 0 bridgehead atoms. The van der Waals surface area contributed by atoms with Gasteiger partial charge in [0.25, 0.3) is 0 Å². The van der Waals surface area contributed by atoms with Crippen molar-refractivity contribution in [2.45, 2.75) is 106 Å². The first-order valence-corrected chi connectivity index (χ1v) is 14.5. The Kier molecular flexibility index (Phi) is 8.55. The lowest BCUT2D eigenvalue weighted by Gasteiger charge is -2.42. The molecule has 3 rings (SSSR count). The predicted molar refractivity (Wildman–Crippen MR) is 156 cm³/mol. The van der Waals surface area contributed by atoms with Crippen LogP contribution in [0.15, 0.2) is 23.7 Å². The standard InChI is InChI=1S/C31H47N3O3S/c1-18(20-12-13-22(23(14-20)29(3,4)5)25-19(2)32-17-38-25)33-27(36)24-15-21(35)16-34(24)28(37)26(30(6,7)8)31(9,10)11/h12-14,17-18,21,24,26,35H,15-16H2,1-11H3,(H,33,36)/t18-,21+,24-/m0/s1. The van der Waals surface area contributed by atoms with Gasteiger partial charge in [0.15, 0.2) is 0 Å². The molecule has 1 aliphatic heterocycles. The Balaban J connectivity index is 1.87. The zero-order valence-corrected chi connectivity index (χ0v) is 25.9. The van der Waals surface area contributed by atoms with Crippen molar-refractivity contribution in [3.8, 4) is 10.4 Å². The number of carbonyl (C=O) groups excluding carboxylic acids is 2. The third-order valence-corrected chi connectivity index (χ3v) is 8.51. The highest BCUT2D eigenvalue weighted by molar-refractivity contribution is 7.13. The molecule has 0 saturated carbocycles. The smallest absolute Gasteiger partial charge is 0.243 e. The van der Waals surface area contributed by atoms with Crippen LogP contribution in [0.5, 0.6) is 0 Å². The SMILES string of the molecule is Cc1ncsc1-c1ccc([C@H](C)NC(=O)[C@@H]2C[C@@H](O)CN2C(=O)C(C(C)(C)C)C(C)(C)C)cc1C(C)(C)C. The van der Waals surface area contributed by atoms with Gasteiger partial charge in [-0.05, 0) is 46.8 Å². The molecule has 7 heteroatoms. The van der Waals surface area contributed by atoms with E-state index in [4.69, 9.17) is 0 Å². The van der Waals surface area contributed by atoms with Gasteiger partial charge in [-0.25, -0.2) is 4.98 Å². The molecule has 2 amide bonds. The third-order valence-electron chi connectivity index (χ3n) is 7.54. The molecule has 210 valence electrons. The molecular weight excluding hydrogens is 494 g/mol. The molecule has 2 aromatic rings. The molecule has 6 nitrogen and oxygen atoms in total. The fraction of sp³-hybridized carbons (Fsp3) is 0.645. The number of nitrogens with one attached hydrogen (secondary N) is 1. The fourth-order valence-electron chi connectivity index (χ4n) is 6.11. The van der Waals surface area contributed by atoms with Crippen LogP contribution in [0.4, 0.5) is 0 Å². The number of aliphatic hydroxyl groups is 1. The van der Waals surface area contributed by atoms with Crippen molar-refractivity contribution in [2.24, 2.45) is 16.7 Å². The summed E-state index contributed by atoms with van der Waals surface area (Å²) in [6.45, 7) is 23.2. The van der Waals surface area contributed by atoms with Gasteiger partial charge < -0.3 is 15.3 Å². The highest BCUT2D eigenvalue weighted by atomic mass is 32.1. The van der Waals surface area contributed by atoms with Crippen molar-refractivity contribution in [3.05, 3.63) is 40.5 Å². The molecular formula is C31H47N3O3S. The Morgan fingerprint density at radius 2 is 1.68 bits per heavy atom. The van der Waals surface area contributed by atoms with Crippen molar-refractivity contribution in [1.82, 2.24) is 15.2 Å². The van der Waals surface area contributed by atoms with Gasteiger partial charge in [-0.3, -0.25) is 9.59 Å². The molecule has 0 radical (unpaired) electrons. The summed E-state index contributed by atoms with van der Waals surface area (Å²) in [5.74, 6) is -0.567. The summed E-state index contributed by atoms with van der Waals surface area (Å²) in [5.41, 5.74) is 5.62. The van der Waals surface area contributed by atoms with Crippen molar-refractivity contribution in [3.63, 3.8) is 0 Å². The number of benzene rings is 1. The van der Waals surface area contributed by atoms with E-state index in [-0.39, 0.29) is 53.0 Å². The van der Waals surface area contributed by atoms with E-state index in [2.05, 4.69) is 90.8 Å². The Morgan fingerprint density at radius 1 is 1.08 bits per heavy atom. The molecule has 1 fully saturated rings.